The molecule has 0 bridgehead atoms. The number of aromatic nitrogens is 4. The van der Waals surface area contributed by atoms with Crippen LogP contribution in [0.2, 0.25) is 0 Å². The van der Waals surface area contributed by atoms with Crippen molar-refractivity contribution in [3.63, 3.8) is 0 Å². The van der Waals surface area contributed by atoms with Crippen LogP contribution in [-0.4, -0.2) is 85.6 Å². The van der Waals surface area contributed by atoms with Crippen molar-refractivity contribution < 1.29 is 19.4 Å². The number of aliphatic hydroxyl groups excluding tert-OH is 1. The van der Waals surface area contributed by atoms with E-state index < -0.39 is 0 Å². The lowest BCUT2D eigenvalue weighted by Gasteiger charge is -2.34. The van der Waals surface area contributed by atoms with Crippen molar-refractivity contribution in [1.82, 2.24) is 29.1 Å². The molecule has 27 heavy (non-hydrogen) atoms. The summed E-state index contributed by atoms with van der Waals surface area (Å²) in [6, 6.07) is 0. The Balaban J connectivity index is 1.66. The zero-order chi connectivity index (χ0) is 19.4. The molecule has 3 heterocycles. The van der Waals surface area contributed by atoms with Gasteiger partial charge in [0.2, 0.25) is 5.91 Å². The molecule has 1 fully saturated rings. The Labute approximate surface area is 154 Å². The fourth-order valence-corrected chi connectivity index (χ4v) is 2.97. The molecule has 11 heteroatoms. The van der Waals surface area contributed by atoms with E-state index >= 15 is 0 Å². The van der Waals surface area contributed by atoms with Gasteiger partial charge in [0.05, 0.1) is 26.0 Å². The minimum absolute atomic E-state index is 0.113. The predicted molar refractivity (Wildman–Crippen MR) is 94.0 cm³/mol. The van der Waals surface area contributed by atoms with E-state index in [0.717, 1.165) is 0 Å². The molecular weight excluding hydrogens is 356 g/mol. The third-order valence-electron chi connectivity index (χ3n) is 4.40. The lowest BCUT2D eigenvalue weighted by molar-refractivity contribution is -0.133. The summed E-state index contributed by atoms with van der Waals surface area (Å²) >= 11 is 0. The molecule has 1 saturated heterocycles. The first-order valence-corrected chi connectivity index (χ1v) is 8.76. The number of rotatable bonds is 5. The Morgan fingerprint density at radius 1 is 1.22 bits per heavy atom. The van der Waals surface area contributed by atoms with E-state index in [1.54, 1.807) is 16.7 Å². The van der Waals surface area contributed by atoms with Crippen LogP contribution in [0.1, 0.15) is 6.92 Å². The fraction of sp³-hybridized carbons (Fsp3) is 0.562. The number of amides is 2. The van der Waals surface area contributed by atoms with Gasteiger partial charge in [-0.05, 0) is 6.92 Å². The summed E-state index contributed by atoms with van der Waals surface area (Å²) in [7, 11) is 0. The Morgan fingerprint density at radius 3 is 2.59 bits per heavy atom. The minimum Gasteiger partial charge on any atom is -0.450 e. The second-order valence-electron chi connectivity index (χ2n) is 6.07. The van der Waals surface area contributed by atoms with Crippen molar-refractivity contribution in [3.8, 4) is 0 Å². The van der Waals surface area contributed by atoms with Gasteiger partial charge in [-0.15, -0.1) is 0 Å². The van der Waals surface area contributed by atoms with E-state index in [4.69, 9.17) is 9.84 Å². The van der Waals surface area contributed by atoms with E-state index in [-0.39, 0.29) is 37.3 Å². The molecule has 2 aromatic heterocycles. The molecule has 2 amide bonds. The number of hydrogen-bond acceptors (Lipinski definition) is 7. The topological polar surface area (TPSA) is 123 Å². The standard InChI is InChI=1S/C16H22N6O5/c1-2-27-16(26)20-5-3-19(4-6-20)13(24)10-21-11-17-14-12(15(21)25)9-18-22(14)7-8-23/h9,11,23H,2-8,10H2,1H3. The molecule has 0 aromatic carbocycles. The second-order valence-corrected chi connectivity index (χ2v) is 6.07. The molecule has 0 unspecified atom stereocenters. The number of hydrogen-bond donors (Lipinski definition) is 1. The van der Waals surface area contributed by atoms with Crippen molar-refractivity contribution in [2.24, 2.45) is 0 Å². The van der Waals surface area contributed by atoms with E-state index in [9.17, 15) is 14.4 Å². The number of piperazine rings is 1. The van der Waals surface area contributed by atoms with E-state index in [0.29, 0.717) is 43.8 Å². The lowest BCUT2D eigenvalue weighted by atomic mass is 10.3. The lowest BCUT2D eigenvalue weighted by Crippen LogP contribution is -2.51. The average Bonchev–Trinajstić information content (AvgIpc) is 3.08. The molecule has 1 aliphatic rings. The van der Waals surface area contributed by atoms with E-state index in [1.165, 1.54) is 21.8 Å². The van der Waals surface area contributed by atoms with Gasteiger partial charge in [-0.2, -0.15) is 5.10 Å². The number of aliphatic hydroxyl groups is 1. The zero-order valence-corrected chi connectivity index (χ0v) is 15.1. The highest BCUT2D eigenvalue weighted by Crippen LogP contribution is 2.07. The van der Waals surface area contributed by atoms with Crippen molar-refractivity contribution in [3.05, 3.63) is 22.9 Å². The third-order valence-corrected chi connectivity index (χ3v) is 4.40. The van der Waals surface area contributed by atoms with Crippen LogP contribution in [0.5, 0.6) is 0 Å². The molecule has 2 aromatic rings. The van der Waals surface area contributed by atoms with Crippen LogP contribution >= 0.6 is 0 Å². The van der Waals surface area contributed by atoms with Gasteiger partial charge < -0.3 is 19.6 Å². The highest BCUT2D eigenvalue weighted by molar-refractivity contribution is 5.78. The molecule has 0 radical (unpaired) electrons. The maximum Gasteiger partial charge on any atom is 0.409 e. The van der Waals surface area contributed by atoms with Gasteiger partial charge in [0.15, 0.2) is 5.65 Å². The van der Waals surface area contributed by atoms with Gasteiger partial charge in [0.25, 0.3) is 5.56 Å². The molecule has 0 saturated carbocycles. The number of carbonyl (C=O) groups is 2. The number of fused-ring (bicyclic) bond motifs is 1. The highest BCUT2D eigenvalue weighted by atomic mass is 16.6. The summed E-state index contributed by atoms with van der Waals surface area (Å²) in [5.41, 5.74) is 0.0171. The van der Waals surface area contributed by atoms with Crippen LogP contribution in [0.3, 0.4) is 0 Å². The monoisotopic (exact) mass is 378 g/mol. The maximum absolute atomic E-state index is 12.5. The number of ether oxygens (including phenoxy) is 1. The summed E-state index contributed by atoms with van der Waals surface area (Å²) in [6.07, 6.45) is 2.32. The molecule has 11 nitrogen and oxygen atoms in total. The molecule has 1 N–H and O–H groups in total. The molecule has 1 aliphatic heterocycles. The van der Waals surface area contributed by atoms with Crippen LogP contribution in [0.25, 0.3) is 11.0 Å². The summed E-state index contributed by atoms with van der Waals surface area (Å²) in [4.78, 5) is 44.1. The largest absolute Gasteiger partial charge is 0.450 e. The van der Waals surface area contributed by atoms with Gasteiger partial charge in [-0.1, -0.05) is 0 Å². The van der Waals surface area contributed by atoms with E-state index in [2.05, 4.69) is 10.1 Å². The summed E-state index contributed by atoms with van der Waals surface area (Å²) < 4.78 is 7.64. The highest BCUT2D eigenvalue weighted by Gasteiger charge is 2.25. The van der Waals surface area contributed by atoms with Crippen molar-refractivity contribution in [2.75, 3.05) is 39.4 Å². The molecule has 0 aliphatic carbocycles. The smallest absolute Gasteiger partial charge is 0.409 e. The first-order valence-electron chi connectivity index (χ1n) is 8.76. The quantitative estimate of drug-likeness (QED) is 0.699. The Hall–Kier alpha value is -2.95. The Bertz CT molecular complexity index is 883. The van der Waals surface area contributed by atoms with E-state index in [1.807, 2.05) is 0 Å². The van der Waals surface area contributed by atoms with Crippen LogP contribution < -0.4 is 5.56 Å². The molecule has 3 rings (SSSR count). The van der Waals surface area contributed by atoms with Crippen molar-refractivity contribution in [1.29, 1.82) is 0 Å². The summed E-state index contributed by atoms with van der Waals surface area (Å²) in [5, 5.41) is 13.3. The first-order chi connectivity index (χ1) is 13.0. The molecule has 146 valence electrons. The molecule has 0 atom stereocenters. The Kier molecular flexibility index (Phi) is 5.69. The number of nitrogens with zero attached hydrogens (tertiary/aromatic N) is 6. The predicted octanol–water partition coefficient (Wildman–Crippen LogP) is -1.11. The summed E-state index contributed by atoms with van der Waals surface area (Å²) in [5.74, 6) is -0.218. The second kappa shape index (κ2) is 8.16. The van der Waals surface area contributed by atoms with Gasteiger partial charge >= 0.3 is 6.09 Å². The Morgan fingerprint density at radius 2 is 1.93 bits per heavy atom. The van der Waals surface area contributed by atoms with Gasteiger partial charge in [-0.3, -0.25) is 14.2 Å². The van der Waals surface area contributed by atoms with Gasteiger partial charge in [-0.25, -0.2) is 14.5 Å². The number of carbonyl (C=O) groups excluding carboxylic acids is 2. The maximum atomic E-state index is 12.5. The third kappa shape index (κ3) is 3.92. The fourth-order valence-electron chi connectivity index (χ4n) is 2.97. The SMILES string of the molecule is CCOC(=O)N1CCN(C(=O)Cn2cnc3c(cnn3CCO)c2=O)CC1. The normalized spacial score (nSPS) is 14.6. The van der Waals surface area contributed by atoms with Gasteiger partial charge in [0.1, 0.15) is 18.3 Å². The minimum atomic E-state index is -0.379. The first kappa shape index (κ1) is 18.8. The van der Waals surface area contributed by atoms with Crippen molar-refractivity contribution in [2.45, 2.75) is 20.0 Å². The van der Waals surface area contributed by atoms with Crippen LogP contribution in [0, 0.1) is 0 Å². The molecular formula is C16H22N6O5. The van der Waals surface area contributed by atoms with Gasteiger partial charge in [0, 0.05) is 26.2 Å². The molecule has 0 spiro atoms. The van der Waals surface area contributed by atoms with Crippen molar-refractivity contribution >= 4 is 23.0 Å². The zero-order valence-electron chi connectivity index (χ0n) is 15.1. The summed E-state index contributed by atoms with van der Waals surface area (Å²) in [6.45, 7) is 3.61. The van der Waals surface area contributed by atoms with Crippen LogP contribution in [0.4, 0.5) is 4.79 Å². The van der Waals surface area contributed by atoms with Crippen LogP contribution in [-0.2, 0) is 22.6 Å². The average molecular weight is 378 g/mol. The van der Waals surface area contributed by atoms with Crippen LogP contribution in [0.15, 0.2) is 17.3 Å².